The molecule has 0 fully saturated rings. The van der Waals surface area contributed by atoms with E-state index in [1.165, 1.54) is 0 Å². The Morgan fingerprint density at radius 3 is 2.43 bits per heavy atom. The van der Waals surface area contributed by atoms with Crippen LogP contribution in [0.4, 0.5) is 11.4 Å². The molecule has 0 radical (unpaired) electrons. The molecule has 0 amide bonds. The van der Waals surface area contributed by atoms with Gasteiger partial charge < -0.3 is 10.4 Å². The fourth-order valence-corrected chi connectivity index (χ4v) is 2.65. The lowest BCUT2D eigenvalue weighted by Gasteiger charge is -2.28. The lowest BCUT2D eigenvalue weighted by atomic mass is 9.93. The van der Waals surface area contributed by atoms with Crippen LogP contribution >= 0.6 is 0 Å². The molecule has 0 aliphatic rings. The molecular formula is C15H26N2O3S. The smallest absolute Gasteiger partial charge is 0.229 e. The maximum absolute atomic E-state index is 11.3. The minimum Gasteiger partial charge on any atom is -0.390 e. The number of sulfonamides is 1. The highest BCUT2D eigenvalue weighted by atomic mass is 32.2. The van der Waals surface area contributed by atoms with Crippen LogP contribution in [0.5, 0.6) is 0 Å². The predicted octanol–water partition coefficient (Wildman–Crippen LogP) is 2.80. The zero-order valence-corrected chi connectivity index (χ0v) is 14.0. The van der Waals surface area contributed by atoms with E-state index in [2.05, 4.69) is 17.0 Å². The summed E-state index contributed by atoms with van der Waals surface area (Å²) in [7, 11) is -3.28. The number of rotatable bonds is 8. The molecule has 1 rings (SSSR count). The van der Waals surface area contributed by atoms with Crippen molar-refractivity contribution in [2.24, 2.45) is 0 Å². The summed E-state index contributed by atoms with van der Waals surface area (Å²) < 4.78 is 25.0. The lowest BCUT2D eigenvalue weighted by Crippen LogP contribution is -2.32. The largest absolute Gasteiger partial charge is 0.390 e. The van der Waals surface area contributed by atoms with Gasteiger partial charge in [0.2, 0.25) is 10.0 Å². The third-order valence-corrected chi connectivity index (χ3v) is 4.08. The van der Waals surface area contributed by atoms with Gasteiger partial charge in [0.05, 0.1) is 17.5 Å². The van der Waals surface area contributed by atoms with Crippen molar-refractivity contribution in [3.05, 3.63) is 24.3 Å². The van der Waals surface area contributed by atoms with Gasteiger partial charge in [-0.1, -0.05) is 19.9 Å². The van der Waals surface area contributed by atoms with E-state index < -0.39 is 15.6 Å². The Morgan fingerprint density at radius 1 is 1.29 bits per heavy atom. The van der Waals surface area contributed by atoms with Crippen LogP contribution in [0.15, 0.2) is 24.3 Å². The van der Waals surface area contributed by atoms with Crippen molar-refractivity contribution < 1.29 is 13.5 Å². The highest BCUT2D eigenvalue weighted by Crippen LogP contribution is 2.22. The summed E-state index contributed by atoms with van der Waals surface area (Å²) in [4.78, 5) is 0. The molecule has 21 heavy (non-hydrogen) atoms. The maximum atomic E-state index is 11.3. The van der Waals surface area contributed by atoms with E-state index in [0.29, 0.717) is 18.5 Å². The number of hydrogen-bond acceptors (Lipinski definition) is 4. The molecule has 0 aliphatic heterocycles. The van der Waals surface area contributed by atoms with Gasteiger partial charge in [-0.05, 0) is 44.4 Å². The molecule has 0 spiro atoms. The Labute approximate surface area is 127 Å². The van der Waals surface area contributed by atoms with Gasteiger partial charge >= 0.3 is 0 Å². The predicted molar refractivity (Wildman–Crippen MR) is 88.1 cm³/mol. The van der Waals surface area contributed by atoms with Crippen molar-refractivity contribution in [2.75, 3.05) is 16.3 Å². The van der Waals surface area contributed by atoms with Gasteiger partial charge in [-0.25, -0.2) is 8.42 Å². The van der Waals surface area contributed by atoms with Gasteiger partial charge in [0.1, 0.15) is 0 Å². The normalized spacial score (nSPS) is 16.0. The van der Waals surface area contributed by atoms with Crippen LogP contribution in [-0.4, -0.2) is 31.4 Å². The Bertz CT molecular complexity index is 556. The van der Waals surface area contributed by atoms with Gasteiger partial charge in [-0.2, -0.15) is 0 Å². The van der Waals surface area contributed by atoms with E-state index in [1.807, 2.05) is 19.9 Å². The van der Waals surface area contributed by atoms with Crippen molar-refractivity contribution in [1.29, 1.82) is 0 Å². The Balaban J connectivity index is 2.79. The fraction of sp³-hybridized carbons (Fsp3) is 0.600. The van der Waals surface area contributed by atoms with Gasteiger partial charge in [0.15, 0.2) is 0 Å². The highest BCUT2D eigenvalue weighted by Gasteiger charge is 2.22. The number of anilines is 2. The molecule has 2 unspecified atom stereocenters. The first-order chi connectivity index (χ1) is 9.65. The van der Waals surface area contributed by atoms with Crippen LogP contribution in [0.3, 0.4) is 0 Å². The van der Waals surface area contributed by atoms with Gasteiger partial charge in [-0.15, -0.1) is 0 Å². The van der Waals surface area contributed by atoms with Crippen molar-refractivity contribution in [2.45, 2.75) is 51.7 Å². The van der Waals surface area contributed by atoms with Crippen LogP contribution in [-0.2, 0) is 10.0 Å². The zero-order valence-electron chi connectivity index (χ0n) is 13.2. The minimum atomic E-state index is -3.28. The lowest BCUT2D eigenvalue weighted by molar-refractivity contribution is 0.0417. The monoisotopic (exact) mass is 314 g/mol. The van der Waals surface area contributed by atoms with E-state index in [1.54, 1.807) is 18.2 Å². The molecule has 6 heteroatoms. The van der Waals surface area contributed by atoms with Crippen molar-refractivity contribution in [1.82, 2.24) is 0 Å². The number of aliphatic hydroxyl groups is 1. The van der Waals surface area contributed by atoms with Crippen molar-refractivity contribution in [3.8, 4) is 0 Å². The van der Waals surface area contributed by atoms with Crippen LogP contribution in [0, 0.1) is 0 Å². The number of hydrogen-bond donors (Lipinski definition) is 3. The second-order valence-electron chi connectivity index (χ2n) is 5.76. The Kier molecular flexibility index (Phi) is 6.04. The van der Waals surface area contributed by atoms with Crippen molar-refractivity contribution in [3.63, 3.8) is 0 Å². The van der Waals surface area contributed by atoms with E-state index in [-0.39, 0.29) is 6.04 Å². The van der Waals surface area contributed by atoms with Crippen molar-refractivity contribution >= 4 is 21.4 Å². The van der Waals surface area contributed by atoms with Gasteiger partial charge in [0, 0.05) is 11.7 Å². The molecule has 0 saturated heterocycles. The maximum Gasteiger partial charge on any atom is 0.229 e. The second kappa shape index (κ2) is 7.13. The average Bonchev–Trinajstić information content (AvgIpc) is 2.36. The Morgan fingerprint density at radius 2 is 1.90 bits per heavy atom. The molecule has 120 valence electrons. The number of nitrogens with one attached hydrogen (secondary N) is 2. The van der Waals surface area contributed by atoms with E-state index >= 15 is 0 Å². The second-order valence-corrected chi connectivity index (χ2v) is 7.51. The SMILES string of the molecule is CCC(CC(C)(O)CC)Nc1cccc(NS(C)(=O)=O)c1. The molecule has 0 heterocycles. The third-order valence-electron chi connectivity index (χ3n) is 3.48. The number of benzene rings is 1. The molecule has 0 aliphatic carbocycles. The van der Waals surface area contributed by atoms with Gasteiger partial charge in [-0.3, -0.25) is 4.72 Å². The van der Waals surface area contributed by atoms with Gasteiger partial charge in [0.25, 0.3) is 0 Å². The van der Waals surface area contributed by atoms with Crippen LogP contribution < -0.4 is 10.0 Å². The molecule has 0 aromatic heterocycles. The fourth-order valence-electron chi connectivity index (χ4n) is 2.09. The molecule has 5 nitrogen and oxygen atoms in total. The summed E-state index contributed by atoms with van der Waals surface area (Å²) in [5.41, 5.74) is 0.665. The molecule has 1 aromatic rings. The molecule has 0 saturated carbocycles. The average molecular weight is 314 g/mol. The highest BCUT2D eigenvalue weighted by molar-refractivity contribution is 7.92. The minimum absolute atomic E-state index is 0.133. The molecule has 0 bridgehead atoms. The first-order valence-corrected chi connectivity index (χ1v) is 9.11. The summed E-state index contributed by atoms with van der Waals surface area (Å²) in [6.45, 7) is 5.85. The Hall–Kier alpha value is -1.27. The van der Waals surface area contributed by atoms with E-state index in [4.69, 9.17) is 0 Å². The summed E-state index contributed by atoms with van der Waals surface area (Å²) in [6.07, 6.45) is 3.34. The summed E-state index contributed by atoms with van der Waals surface area (Å²) >= 11 is 0. The van der Waals surface area contributed by atoms with E-state index in [0.717, 1.165) is 18.4 Å². The first-order valence-electron chi connectivity index (χ1n) is 7.22. The molecular weight excluding hydrogens is 288 g/mol. The molecule has 1 aromatic carbocycles. The summed E-state index contributed by atoms with van der Waals surface area (Å²) in [5, 5.41) is 13.5. The standard InChI is InChI=1S/C15H26N2O3S/c1-5-12(11-15(3,18)6-2)16-13-8-7-9-14(10-13)17-21(4,19)20/h7-10,12,16-18H,5-6,11H2,1-4H3. The third kappa shape index (κ3) is 6.82. The molecule has 3 N–H and O–H groups in total. The summed E-state index contributed by atoms with van der Waals surface area (Å²) in [5.74, 6) is 0. The topological polar surface area (TPSA) is 78.4 Å². The van der Waals surface area contributed by atoms with Crippen LogP contribution in [0.1, 0.15) is 40.0 Å². The summed E-state index contributed by atoms with van der Waals surface area (Å²) in [6, 6.07) is 7.27. The molecule has 2 atom stereocenters. The van der Waals surface area contributed by atoms with E-state index in [9.17, 15) is 13.5 Å². The zero-order chi connectivity index (χ0) is 16.1. The first kappa shape index (κ1) is 17.8. The quantitative estimate of drug-likeness (QED) is 0.689. The van der Waals surface area contributed by atoms with Crippen LogP contribution in [0.25, 0.3) is 0 Å². The van der Waals surface area contributed by atoms with Crippen LogP contribution in [0.2, 0.25) is 0 Å².